The van der Waals surface area contributed by atoms with Crippen LogP contribution in [0.15, 0.2) is 18.2 Å². The van der Waals surface area contributed by atoms with Crippen molar-refractivity contribution in [2.45, 2.75) is 20.8 Å². The fourth-order valence-corrected chi connectivity index (χ4v) is 1.61. The second-order valence-electron chi connectivity index (χ2n) is 5.21. The molecule has 0 aromatic heterocycles. The van der Waals surface area contributed by atoms with Crippen LogP contribution in [0.3, 0.4) is 0 Å². The van der Waals surface area contributed by atoms with Gasteiger partial charge in [0.05, 0.1) is 19.3 Å². The molecule has 6 heteroatoms. The Hall–Kier alpha value is -2.24. The summed E-state index contributed by atoms with van der Waals surface area (Å²) < 4.78 is 5.20. The SMILES string of the molecule is COc1cc(C)ccc1NC(=O)NCC(=O)NCC(C)C. The van der Waals surface area contributed by atoms with Crippen molar-refractivity contribution in [3.8, 4) is 5.75 Å². The number of carbonyl (C=O) groups excluding carboxylic acids is 2. The zero-order valence-corrected chi connectivity index (χ0v) is 12.9. The van der Waals surface area contributed by atoms with Gasteiger partial charge in [0.25, 0.3) is 0 Å². The molecule has 0 unspecified atom stereocenters. The zero-order valence-electron chi connectivity index (χ0n) is 12.9. The van der Waals surface area contributed by atoms with Crippen molar-refractivity contribution in [3.05, 3.63) is 23.8 Å². The van der Waals surface area contributed by atoms with E-state index in [1.54, 1.807) is 6.07 Å². The van der Waals surface area contributed by atoms with Gasteiger partial charge < -0.3 is 20.7 Å². The molecule has 0 aliphatic rings. The first kappa shape index (κ1) is 16.8. The Morgan fingerprint density at radius 1 is 1.24 bits per heavy atom. The Labute approximate surface area is 125 Å². The summed E-state index contributed by atoms with van der Waals surface area (Å²) in [5.41, 5.74) is 1.59. The summed E-state index contributed by atoms with van der Waals surface area (Å²) in [6.45, 7) is 6.47. The Bertz CT molecular complexity index is 501. The van der Waals surface area contributed by atoms with Gasteiger partial charge >= 0.3 is 6.03 Å². The summed E-state index contributed by atoms with van der Waals surface area (Å²) in [4.78, 5) is 23.2. The summed E-state index contributed by atoms with van der Waals surface area (Å²) >= 11 is 0. The average Bonchev–Trinajstić information content (AvgIpc) is 2.44. The van der Waals surface area contributed by atoms with E-state index in [1.165, 1.54) is 7.11 Å². The van der Waals surface area contributed by atoms with Crippen molar-refractivity contribution in [1.82, 2.24) is 10.6 Å². The van der Waals surface area contributed by atoms with Gasteiger partial charge in [-0.25, -0.2) is 4.79 Å². The molecule has 6 nitrogen and oxygen atoms in total. The lowest BCUT2D eigenvalue weighted by Gasteiger charge is -2.12. The van der Waals surface area contributed by atoms with Gasteiger partial charge in [-0.2, -0.15) is 0 Å². The molecule has 1 rings (SSSR count). The number of methoxy groups -OCH3 is 1. The molecule has 1 aromatic rings. The lowest BCUT2D eigenvalue weighted by Crippen LogP contribution is -2.40. The van der Waals surface area contributed by atoms with Crippen molar-refractivity contribution in [1.29, 1.82) is 0 Å². The third-order valence-corrected chi connectivity index (χ3v) is 2.72. The molecule has 0 fully saturated rings. The van der Waals surface area contributed by atoms with Gasteiger partial charge in [0.15, 0.2) is 0 Å². The molecule has 0 aliphatic heterocycles. The van der Waals surface area contributed by atoms with Gasteiger partial charge in [-0.1, -0.05) is 19.9 Å². The van der Waals surface area contributed by atoms with Crippen LogP contribution in [0.4, 0.5) is 10.5 Å². The molecule has 116 valence electrons. The number of aryl methyl sites for hydroxylation is 1. The van der Waals surface area contributed by atoms with Gasteiger partial charge in [0.2, 0.25) is 5.91 Å². The second kappa shape index (κ2) is 8.14. The maximum absolute atomic E-state index is 11.8. The van der Waals surface area contributed by atoms with Crippen LogP contribution >= 0.6 is 0 Å². The van der Waals surface area contributed by atoms with Crippen molar-refractivity contribution < 1.29 is 14.3 Å². The number of anilines is 1. The summed E-state index contributed by atoms with van der Waals surface area (Å²) in [6, 6.07) is 5.00. The average molecular weight is 293 g/mol. The Morgan fingerprint density at radius 3 is 2.57 bits per heavy atom. The lowest BCUT2D eigenvalue weighted by atomic mass is 10.2. The van der Waals surface area contributed by atoms with Crippen molar-refractivity contribution in [2.75, 3.05) is 25.5 Å². The number of urea groups is 1. The number of amides is 3. The van der Waals surface area contributed by atoms with E-state index in [0.717, 1.165) is 5.56 Å². The van der Waals surface area contributed by atoms with Crippen molar-refractivity contribution in [3.63, 3.8) is 0 Å². The standard InChI is InChI=1S/C15H23N3O3/c1-10(2)8-16-14(19)9-17-15(20)18-12-6-5-11(3)7-13(12)21-4/h5-7,10H,8-9H2,1-4H3,(H,16,19)(H2,17,18,20). The zero-order chi connectivity index (χ0) is 15.8. The lowest BCUT2D eigenvalue weighted by molar-refractivity contribution is -0.120. The van der Waals surface area contributed by atoms with Crippen LogP contribution in [0.2, 0.25) is 0 Å². The quantitative estimate of drug-likeness (QED) is 0.749. The number of benzene rings is 1. The minimum Gasteiger partial charge on any atom is -0.495 e. The number of carbonyl (C=O) groups is 2. The van der Waals surface area contributed by atoms with E-state index in [0.29, 0.717) is 23.9 Å². The van der Waals surface area contributed by atoms with E-state index in [2.05, 4.69) is 16.0 Å². The summed E-state index contributed by atoms with van der Waals surface area (Å²) in [6.07, 6.45) is 0. The van der Waals surface area contributed by atoms with E-state index in [1.807, 2.05) is 32.9 Å². The monoisotopic (exact) mass is 293 g/mol. The number of rotatable bonds is 6. The highest BCUT2D eigenvalue weighted by Crippen LogP contribution is 2.24. The Balaban J connectivity index is 2.45. The predicted molar refractivity (Wildman–Crippen MR) is 82.6 cm³/mol. The predicted octanol–water partition coefficient (Wildman–Crippen LogP) is 1.90. The van der Waals surface area contributed by atoms with Crippen LogP contribution in [0.25, 0.3) is 0 Å². The highest BCUT2D eigenvalue weighted by molar-refractivity contribution is 5.93. The molecule has 1 aromatic carbocycles. The number of hydrogen-bond acceptors (Lipinski definition) is 3. The van der Waals surface area contributed by atoms with E-state index in [4.69, 9.17) is 4.74 Å². The molecular weight excluding hydrogens is 270 g/mol. The first-order chi connectivity index (χ1) is 9.92. The third kappa shape index (κ3) is 6.16. The van der Waals surface area contributed by atoms with E-state index in [-0.39, 0.29) is 12.5 Å². The van der Waals surface area contributed by atoms with Crippen LogP contribution in [0.5, 0.6) is 5.75 Å². The molecule has 0 aliphatic carbocycles. The first-order valence-electron chi connectivity index (χ1n) is 6.88. The van der Waals surface area contributed by atoms with Crippen molar-refractivity contribution in [2.24, 2.45) is 5.92 Å². The molecule has 3 N–H and O–H groups in total. The highest BCUT2D eigenvalue weighted by atomic mass is 16.5. The maximum atomic E-state index is 11.8. The molecule has 0 heterocycles. The second-order valence-corrected chi connectivity index (χ2v) is 5.21. The Kier molecular flexibility index (Phi) is 6.52. The topological polar surface area (TPSA) is 79.5 Å². The summed E-state index contributed by atoms with van der Waals surface area (Å²) in [5, 5.41) is 7.88. The number of hydrogen-bond donors (Lipinski definition) is 3. The summed E-state index contributed by atoms with van der Waals surface area (Å²) in [5.74, 6) is 0.740. The van der Waals surface area contributed by atoms with Crippen LogP contribution in [0, 0.1) is 12.8 Å². The Morgan fingerprint density at radius 2 is 1.95 bits per heavy atom. The van der Waals surface area contributed by atoms with Crippen LogP contribution in [0.1, 0.15) is 19.4 Å². The van der Waals surface area contributed by atoms with Gasteiger partial charge in [-0.3, -0.25) is 4.79 Å². The smallest absolute Gasteiger partial charge is 0.319 e. The third-order valence-electron chi connectivity index (χ3n) is 2.72. The maximum Gasteiger partial charge on any atom is 0.319 e. The number of nitrogens with one attached hydrogen (secondary N) is 3. The minimum atomic E-state index is -0.447. The van der Waals surface area contributed by atoms with Crippen LogP contribution < -0.4 is 20.7 Å². The minimum absolute atomic E-state index is 0.0628. The molecule has 21 heavy (non-hydrogen) atoms. The largest absolute Gasteiger partial charge is 0.495 e. The van der Waals surface area contributed by atoms with Gasteiger partial charge in [-0.05, 0) is 30.5 Å². The highest BCUT2D eigenvalue weighted by Gasteiger charge is 2.09. The molecule has 0 spiro atoms. The molecule has 0 atom stereocenters. The van der Waals surface area contributed by atoms with Gasteiger partial charge in [-0.15, -0.1) is 0 Å². The van der Waals surface area contributed by atoms with Crippen LogP contribution in [-0.4, -0.2) is 32.1 Å². The van der Waals surface area contributed by atoms with E-state index in [9.17, 15) is 9.59 Å². The molecule has 0 saturated carbocycles. The molecular formula is C15H23N3O3. The fourth-order valence-electron chi connectivity index (χ4n) is 1.61. The van der Waals surface area contributed by atoms with Crippen LogP contribution in [-0.2, 0) is 4.79 Å². The fraction of sp³-hybridized carbons (Fsp3) is 0.467. The van der Waals surface area contributed by atoms with E-state index < -0.39 is 6.03 Å². The van der Waals surface area contributed by atoms with Gasteiger partial charge in [0, 0.05) is 6.54 Å². The van der Waals surface area contributed by atoms with E-state index >= 15 is 0 Å². The van der Waals surface area contributed by atoms with Crippen molar-refractivity contribution >= 4 is 17.6 Å². The first-order valence-corrected chi connectivity index (χ1v) is 6.88. The van der Waals surface area contributed by atoms with Gasteiger partial charge in [0.1, 0.15) is 5.75 Å². The normalized spacial score (nSPS) is 10.1. The molecule has 0 bridgehead atoms. The summed E-state index contributed by atoms with van der Waals surface area (Å²) in [7, 11) is 1.54. The molecule has 3 amide bonds. The number of ether oxygens (including phenoxy) is 1. The molecule has 0 saturated heterocycles. The molecule has 0 radical (unpaired) electrons.